The Morgan fingerprint density at radius 2 is 2.38 bits per heavy atom. The summed E-state index contributed by atoms with van der Waals surface area (Å²) in [5.41, 5.74) is -1.06. The van der Waals surface area contributed by atoms with Crippen LogP contribution in [0, 0.1) is 17.3 Å². The summed E-state index contributed by atoms with van der Waals surface area (Å²) in [6, 6.07) is 0. The van der Waals surface area contributed by atoms with Gasteiger partial charge in [0.2, 0.25) is 0 Å². The molecule has 13 heavy (non-hydrogen) atoms. The Kier molecular flexibility index (Phi) is 1.05. The molecule has 4 bridgehead atoms. The van der Waals surface area contributed by atoms with Crippen LogP contribution in [-0.4, -0.2) is 17.9 Å². The number of rotatable bonds is 1. The number of hydrogen-bond donors (Lipinski definition) is 0. The Morgan fingerprint density at radius 1 is 1.62 bits per heavy atom. The van der Waals surface area contributed by atoms with Crippen molar-refractivity contribution in [1.29, 1.82) is 0 Å². The first-order chi connectivity index (χ1) is 6.13. The van der Waals surface area contributed by atoms with Crippen LogP contribution in [0.2, 0.25) is 0 Å². The van der Waals surface area contributed by atoms with Gasteiger partial charge in [-0.2, -0.15) is 0 Å². The van der Waals surface area contributed by atoms with Crippen LogP contribution < -0.4 is 0 Å². The highest BCUT2D eigenvalue weighted by Crippen LogP contribution is 2.67. The summed E-state index contributed by atoms with van der Waals surface area (Å²) < 4.78 is 5.35. The van der Waals surface area contributed by atoms with Gasteiger partial charge in [-0.3, -0.25) is 4.79 Å². The van der Waals surface area contributed by atoms with Crippen LogP contribution in [0.15, 0.2) is 0 Å². The molecule has 0 aromatic carbocycles. The van der Waals surface area contributed by atoms with Crippen molar-refractivity contribution >= 4 is 12.3 Å². The molecule has 0 unspecified atom stereocenters. The topological polar surface area (TPSA) is 43.4 Å². The number of carbonyl (C=O) groups is 2. The molecule has 4 rings (SSSR count). The first-order valence-electron chi connectivity index (χ1n) is 4.83. The Labute approximate surface area is 76.4 Å². The van der Waals surface area contributed by atoms with Crippen LogP contribution in [-0.2, 0) is 14.3 Å². The van der Waals surface area contributed by atoms with Gasteiger partial charge in [0.15, 0.2) is 0 Å². The number of hydrogen-bond acceptors (Lipinski definition) is 3. The van der Waals surface area contributed by atoms with E-state index in [1.165, 1.54) is 0 Å². The molecule has 3 aliphatic carbocycles. The molecule has 0 aromatic heterocycles. The Balaban J connectivity index is 2.15. The van der Waals surface area contributed by atoms with Crippen LogP contribution in [0.4, 0.5) is 0 Å². The van der Waals surface area contributed by atoms with Gasteiger partial charge in [0.1, 0.15) is 17.3 Å². The normalized spacial score (nSPS) is 56.8. The zero-order valence-corrected chi connectivity index (χ0v) is 7.58. The van der Waals surface area contributed by atoms with Gasteiger partial charge in [-0.25, -0.2) is 0 Å². The molecule has 3 heteroatoms. The van der Waals surface area contributed by atoms with Crippen molar-refractivity contribution in [3.63, 3.8) is 0 Å². The van der Waals surface area contributed by atoms with Gasteiger partial charge in [-0.1, -0.05) is 0 Å². The Morgan fingerprint density at radius 3 is 2.92 bits per heavy atom. The van der Waals surface area contributed by atoms with E-state index in [0.29, 0.717) is 0 Å². The number of esters is 1. The second-order valence-electron chi connectivity index (χ2n) is 4.78. The molecule has 4 aliphatic rings. The molecule has 1 aliphatic heterocycles. The van der Waals surface area contributed by atoms with Gasteiger partial charge in [-0.05, 0) is 32.1 Å². The molecule has 1 saturated heterocycles. The minimum Gasteiger partial charge on any atom is -0.458 e. The molecular weight excluding hydrogens is 168 g/mol. The van der Waals surface area contributed by atoms with Gasteiger partial charge in [0.05, 0.1) is 0 Å². The highest BCUT2D eigenvalue weighted by molar-refractivity contribution is 5.98. The van der Waals surface area contributed by atoms with Crippen molar-refractivity contribution in [3.05, 3.63) is 0 Å². The smallest absolute Gasteiger partial charge is 0.320 e. The number of carbonyl (C=O) groups excluding carboxylic acids is 2. The molecule has 3 nitrogen and oxygen atoms in total. The number of fused-ring (bicyclic) bond motifs is 1. The molecule has 1 heterocycles. The highest BCUT2D eigenvalue weighted by Gasteiger charge is 2.75. The van der Waals surface area contributed by atoms with Gasteiger partial charge in [0, 0.05) is 5.92 Å². The lowest BCUT2D eigenvalue weighted by Crippen LogP contribution is -2.59. The predicted molar refractivity (Wildman–Crippen MR) is 43.8 cm³/mol. The van der Waals surface area contributed by atoms with Crippen LogP contribution in [0.5, 0.6) is 0 Å². The van der Waals surface area contributed by atoms with E-state index in [0.717, 1.165) is 25.5 Å². The molecule has 0 amide bonds. The zero-order valence-electron chi connectivity index (χ0n) is 7.58. The van der Waals surface area contributed by atoms with E-state index in [-0.39, 0.29) is 23.4 Å². The van der Waals surface area contributed by atoms with Crippen molar-refractivity contribution < 1.29 is 14.3 Å². The van der Waals surface area contributed by atoms with Crippen molar-refractivity contribution in [2.24, 2.45) is 17.3 Å². The molecule has 70 valence electrons. The summed E-state index contributed by atoms with van der Waals surface area (Å²) in [5, 5.41) is 0. The first-order valence-corrected chi connectivity index (χ1v) is 4.83. The minimum atomic E-state index is -0.729. The Bertz CT molecular complexity index is 309. The average molecular weight is 180 g/mol. The first kappa shape index (κ1) is 7.54. The lowest BCUT2D eigenvalue weighted by molar-refractivity contribution is -0.157. The molecule has 4 atom stereocenters. The summed E-state index contributed by atoms with van der Waals surface area (Å²) in [6.07, 6.45) is 3.75. The lowest BCUT2D eigenvalue weighted by Gasteiger charge is -2.53. The van der Waals surface area contributed by atoms with E-state index in [9.17, 15) is 9.59 Å². The highest BCUT2D eigenvalue weighted by atomic mass is 16.6. The second-order valence-corrected chi connectivity index (χ2v) is 4.78. The van der Waals surface area contributed by atoms with Gasteiger partial charge in [0.25, 0.3) is 0 Å². The maximum absolute atomic E-state index is 11.6. The summed E-state index contributed by atoms with van der Waals surface area (Å²) in [4.78, 5) is 22.6. The molecule has 4 fully saturated rings. The van der Waals surface area contributed by atoms with E-state index in [1.807, 2.05) is 6.92 Å². The van der Waals surface area contributed by atoms with Crippen LogP contribution in [0.1, 0.15) is 26.2 Å². The number of ether oxygens (including phenoxy) is 1. The van der Waals surface area contributed by atoms with E-state index >= 15 is 0 Å². The third-order valence-corrected chi connectivity index (χ3v) is 4.37. The van der Waals surface area contributed by atoms with Crippen molar-refractivity contribution in [3.8, 4) is 0 Å². The van der Waals surface area contributed by atoms with Gasteiger partial charge >= 0.3 is 5.97 Å². The van der Waals surface area contributed by atoms with E-state index in [2.05, 4.69) is 0 Å². The quantitative estimate of drug-likeness (QED) is 0.342. The summed E-state index contributed by atoms with van der Waals surface area (Å²) in [6.45, 7) is 1.97. The molecule has 0 aromatic rings. The van der Waals surface area contributed by atoms with Crippen LogP contribution >= 0.6 is 0 Å². The third-order valence-electron chi connectivity index (χ3n) is 4.37. The van der Waals surface area contributed by atoms with Crippen molar-refractivity contribution in [2.75, 3.05) is 0 Å². The molecule has 0 N–H and O–H groups in total. The minimum absolute atomic E-state index is 0.170. The predicted octanol–water partition coefficient (Wildman–Crippen LogP) is 0.917. The summed E-state index contributed by atoms with van der Waals surface area (Å²) in [7, 11) is 0. The van der Waals surface area contributed by atoms with Gasteiger partial charge < -0.3 is 9.53 Å². The molecule has 3 saturated carbocycles. The van der Waals surface area contributed by atoms with Crippen molar-refractivity contribution in [2.45, 2.75) is 31.8 Å². The standard InChI is InChI=1S/C10H12O3/c1-9-3-2-6-4-7(9)10(6,5-11)8(12)13-9/h5-7H,2-4H2,1H3/t6-,7-,9+,10+/m0/s1. The SMILES string of the molecule is C[C@@]12CC[C@H]3C[C@@H]1[C@]3(C=O)C(=O)O2. The van der Waals surface area contributed by atoms with E-state index in [4.69, 9.17) is 4.74 Å². The van der Waals surface area contributed by atoms with Crippen LogP contribution in [0.25, 0.3) is 0 Å². The number of aldehydes is 1. The largest absolute Gasteiger partial charge is 0.458 e. The summed E-state index contributed by atoms with van der Waals surface area (Å²) >= 11 is 0. The molecule has 0 spiro atoms. The maximum atomic E-state index is 11.6. The second kappa shape index (κ2) is 1.81. The van der Waals surface area contributed by atoms with E-state index < -0.39 is 5.41 Å². The maximum Gasteiger partial charge on any atom is 0.320 e. The Hall–Kier alpha value is -0.860. The lowest BCUT2D eigenvalue weighted by atomic mass is 9.45. The van der Waals surface area contributed by atoms with Gasteiger partial charge in [-0.15, -0.1) is 0 Å². The molecular formula is C10H12O3. The molecule has 0 radical (unpaired) electrons. The van der Waals surface area contributed by atoms with Crippen LogP contribution in [0.3, 0.4) is 0 Å². The zero-order chi connectivity index (χ0) is 9.27. The fourth-order valence-corrected chi connectivity index (χ4v) is 3.50. The summed E-state index contributed by atoms with van der Waals surface area (Å²) in [5.74, 6) is 0.186. The van der Waals surface area contributed by atoms with Crippen molar-refractivity contribution in [1.82, 2.24) is 0 Å². The fourth-order valence-electron chi connectivity index (χ4n) is 3.50. The monoisotopic (exact) mass is 180 g/mol. The average Bonchev–Trinajstić information content (AvgIpc) is 2.13. The third kappa shape index (κ3) is 0.550. The van der Waals surface area contributed by atoms with E-state index in [1.54, 1.807) is 0 Å². The fraction of sp³-hybridized carbons (Fsp3) is 0.800.